The monoisotopic (exact) mass is 263 g/mol. The fourth-order valence-corrected chi connectivity index (χ4v) is 2.29. The molecular weight excluding hydrogens is 238 g/mol. The normalized spacial score (nSPS) is 19.6. The van der Waals surface area contributed by atoms with Crippen molar-refractivity contribution in [1.29, 1.82) is 0 Å². The van der Waals surface area contributed by atoms with Crippen molar-refractivity contribution in [3.05, 3.63) is 29.8 Å². The Hall–Kier alpha value is -1.06. The zero-order valence-corrected chi connectivity index (χ0v) is 12.0. The first-order chi connectivity index (χ1) is 9.25. The van der Waals surface area contributed by atoms with E-state index in [2.05, 4.69) is 31.3 Å². The van der Waals surface area contributed by atoms with Crippen molar-refractivity contribution in [2.75, 3.05) is 26.3 Å². The molecule has 1 heterocycles. The van der Waals surface area contributed by atoms with E-state index in [0.717, 1.165) is 25.3 Å². The summed E-state index contributed by atoms with van der Waals surface area (Å²) < 4.78 is 11.5. The van der Waals surface area contributed by atoms with E-state index in [4.69, 9.17) is 9.47 Å². The minimum Gasteiger partial charge on any atom is -0.491 e. The third-order valence-corrected chi connectivity index (χ3v) is 3.50. The molecule has 0 amide bonds. The lowest BCUT2D eigenvalue weighted by molar-refractivity contribution is 0.0205. The van der Waals surface area contributed by atoms with E-state index in [0.29, 0.717) is 25.2 Å². The molecule has 0 radical (unpaired) electrons. The first-order valence-electron chi connectivity index (χ1n) is 7.31. The van der Waals surface area contributed by atoms with E-state index < -0.39 is 0 Å². The largest absolute Gasteiger partial charge is 0.491 e. The highest BCUT2D eigenvalue weighted by Crippen LogP contribution is 2.18. The molecule has 1 fully saturated rings. The molecule has 1 aromatic carbocycles. The molecule has 106 valence electrons. The van der Waals surface area contributed by atoms with Gasteiger partial charge in [-0.25, -0.2) is 0 Å². The predicted octanol–water partition coefficient (Wildman–Crippen LogP) is 2.96. The summed E-state index contributed by atoms with van der Waals surface area (Å²) in [5.74, 6) is 1.49. The second-order valence-electron chi connectivity index (χ2n) is 5.41. The van der Waals surface area contributed by atoms with E-state index in [-0.39, 0.29) is 0 Å². The Bertz CT molecular complexity index is 356. The van der Waals surface area contributed by atoms with Crippen LogP contribution in [0, 0.1) is 0 Å². The van der Waals surface area contributed by atoms with Gasteiger partial charge in [-0.2, -0.15) is 0 Å². The number of benzene rings is 1. The molecule has 1 N–H and O–H groups in total. The lowest BCUT2D eigenvalue weighted by Crippen LogP contribution is -2.36. The number of piperidine rings is 1. The van der Waals surface area contributed by atoms with E-state index in [1.54, 1.807) is 0 Å². The lowest BCUT2D eigenvalue weighted by atomic mass is 10.0. The van der Waals surface area contributed by atoms with Crippen LogP contribution < -0.4 is 10.1 Å². The molecule has 19 heavy (non-hydrogen) atoms. The van der Waals surface area contributed by atoms with Crippen LogP contribution in [0.5, 0.6) is 5.75 Å². The summed E-state index contributed by atoms with van der Waals surface area (Å²) in [4.78, 5) is 0. The highest BCUT2D eigenvalue weighted by Gasteiger charge is 2.12. The molecule has 1 unspecified atom stereocenters. The number of ether oxygens (including phenoxy) is 2. The second kappa shape index (κ2) is 7.51. The lowest BCUT2D eigenvalue weighted by Gasteiger charge is -2.23. The van der Waals surface area contributed by atoms with E-state index in [1.165, 1.54) is 12.0 Å². The van der Waals surface area contributed by atoms with Gasteiger partial charge in [0.25, 0.3) is 0 Å². The van der Waals surface area contributed by atoms with Crippen molar-refractivity contribution in [2.45, 2.75) is 38.7 Å². The first-order valence-corrected chi connectivity index (χ1v) is 7.31. The van der Waals surface area contributed by atoms with Crippen LogP contribution in [-0.2, 0) is 4.74 Å². The molecule has 0 bridgehead atoms. The smallest absolute Gasteiger partial charge is 0.119 e. The van der Waals surface area contributed by atoms with Crippen molar-refractivity contribution >= 4 is 0 Å². The summed E-state index contributed by atoms with van der Waals surface area (Å²) in [5, 5.41) is 3.34. The Morgan fingerprint density at radius 1 is 1.21 bits per heavy atom. The quantitative estimate of drug-likeness (QED) is 0.800. The van der Waals surface area contributed by atoms with E-state index in [1.807, 2.05) is 12.1 Å². The predicted molar refractivity (Wildman–Crippen MR) is 77.9 cm³/mol. The number of hydrogen-bond donors (Lipinski definition) is 1. The van der Waals surface area contributed by atoms with Gasteiger partial charge in [0, 0.05) is 6.54 Å². The van der Waals surface area contributed by atoms with Gasteiger partial charge in [0.15, 0.2) is 0 Å². The van der Waals surface area contributed by atoms with Gasteiger partial charge in [0.1, 0.15) is 12.4 Å². The molecule has 0 saturated carbocycles. The van der Waals surface area contributed by atoms with Crippen molar-refractivity contribution in [3.63, 3.8) is 0 Å². The number of rotatable bonds is 6. The summed E-state index contributed by atoms with van der Waals surface area (Å²) >= 11 is 0. The van der Waals surface area contributed by atoms with Crippen LogP contribution in [0.3, 0.4) is 0 Å². The fourth-order valence-electron chi connectivity index (χ4n) is 2.29. The minimum atomic E-state index is 0.362. The average molecular weight is 263 g/mol. The molecule has 1 aliphatic rings. The van der Waals surface area contributed by atoms with Gasteiger partial charge < -0.3 is 14.8 Å². The van der Waals surface area contributed by atoms with E-state index >= 15 is 0 Å². The van der Waals surface area contributed by atoms with E-state index in [9.17, 15) is 0 Å². The van der Waals surface area contributed by atoms with Gasteiger partial charge in [-0.15, -0.1) is 0 Å². The zero-order chi connectivity index (χ0) is 13.5. The Balaban J connectivity index is 1.64. The maximum Gasteiger partial charge on any atom is 0.119 e. The molecule has 1 aliphatic heterocycles. The summed E-state index contributed by atoms with van der Waals surface area (Å²) in [6.07, 6.45) is 2.74. The van der Waals surface area contributed by atoms with Crippen molar-refractivity contribution in [3.8, 4) is 5.75 Å². The number of hydrogen-bond acceptors (Lipinski definition) is 3. The second-order valence-corrected chi connectivity index (χ2v) is 5.41. The molecule has 3 nitrogen and oxygen atoms in total. The first kappa shape index (κ1) is 14.4. The van der Waals surface area contributed by atoms with Crippen LogP contribution in [-0.4, -0.2) is 32.4 Å². The molecule has 0 aromatic heterocycles. The summed E-state index contributed by atoms with van der Waals surface area (Å²) in [6, 6.07) is 8.34. The van der Waals surface area contributed by atoms with Crippen molar-refractivity contribution < 1.29 is 9.47 Å². The van der Waals surface area contributed by atoms with Gasteiger partial charge in [-0.05, 0) is 43.0 Å². The molecule has 0 aliphatic carbocycles. The van der Waals surface area contributed by atoms with Crippen LogP contribution >= 0.6 is 0 Å². The Morgan fingerprint density at radius 3 is 2.63 bits per heavy atom. The SMILES string of the molecule is CC(C)c1ccc(OCCOC2CCCNC2)cc1. The Kier molecular flexibility index (Phi) is 5.67. The Labute approximate surface area is 116 Å². The summed E-state index contributed by atoms with van der Waals surface area (Å²) in [7, 11) is 0. The topological polar surface area (TPSA) is 30.5 Å². The van der Waals surface area contributed by atoms with Gasteiger partial charge in [0.2, 0.25) is 0 Å². The van der Waals surface area contributed by atoms with Gasteiger partial charge in [0.05, 0.1) is 12.7 Å². The highest BCUT2D eigenvalue weighted by atomic mass is 16.5. The third-order valence-electron chi connectivity index (χ3n) is 3.50. The minimum absolute atomic E-state index is 0.362. The fraction of sp³-hybridized carbons (Fsp3) is 0.625. The molecular formula is C16H25NO2. The van der Waals surface area contributed by atoms with Crippen LogP contribution in [0.15, 0.2) is 24.3 Å². The van der Waals surface area contributed by atoms with Gasteiger partial charge in [-0.1, -0.05) is 26.0 Å². The Morgan fingerprint density at radius 2 is 2.00 bits per heavy atom. The molecule has 1 aromatic rings. The standard InChI is InChI=1S/C16H25NO2/c1-13(2)14-5-7-15(8-6-14)18-10-11-19-16-4-3-9-17-12-16/h5-8,13,16-17H,3-4,9-12H2,1-2H3. The van der Waals surface area contributed by atoms with Crippen LogP contribution in [0.4, 0.5) is 0 Å². The third kappa shape index (κ3) is 4.84. The zero-order valence-electron chi connectivity index (χ0n) is 12.0. The van der Waals surface area contributed by atoms with Crippen molar-refractivity contribution in [1.82, 2.24) is 5.32 Å². The average Bonchev–Trinajstić information content (AvgIpc) is 2.45. The maximum absolute atomic E-state index is 5.78. The maximum atomic E-state index is 5.78. The summed E-state index contributed by atoms with van der Waals surface area (Å²) in [6.45, 7) is 7.78. The van der Waals surface area contributed by atoms with Gasteiger partial charge in [-0.3, -0.25) is 0 Å². The molecule has 3 heteroatoms. The molecule has 2 rings (SSSR count). The van der Waals surface area contributed by atoms with Crippen molar-refractivity contribution in [2.24, 2.45) is 0 Å². The summed E-state index contributed by atoms with van der Waals surface area (Å²) in [5.41, 5.74) is 1.34. The highest BCUT2D eigenvalue weighted by molar-refractivity contribution is 5.28. The molecule has 1 saturated heterocycles. The van der Waals surface area contributed by atoms with Crippen LogP contribution in [0.1, 0.15) is 38.2 Å². The van der Waals surface area contributed by atoms with Crippen LogP contribution in [0.25, 0.3) is 0 Å². The molecule has 1 atom stereocenters. The number of nitrogens with one attached hydrogen (secondary N) is 1. The van der Waals surface area contributed by atoms with Gasteiger partial charge >= 0.3 is 0 Å². The molecule has 0 spiro atoms. The van der Waals surface area contributed by atoms with Crippen LogP contribution in [0.2, 0.25) is 0 Å².